The Morgan fingerprint density at radius 3 is 2.52 bits per heavy atom. The lowest BCUT2D eigenvalue weighted by atomic mass is 10.0. The number of aryl methyl sites for hydroxylation is 1. The Bertz CT molecular complexity index is 957. The van der Waals surface area contributed by atoms with Crippen LogP contribution in [0.2, 0.25) is 0 Å². The van der Waals surface area contributed by atoms with Gasteiger partial charge in [-0.15, -0.1) is 0 Å². The summed E-state index contributed by atoms with van der Waals surface area (Å²) < 4.78 is 21.9. The highest BCUT2D eigenvalue weighted by Crippen LogP contribution is 2.38. The number of hydrogen-bond acceptors (Lipinski definition) is 5. The molecule has 3 aromatic rings. The summed E-state index contributed by atoms with van der Waals surface area (Å²) in [5.41, 5.74) is 2.49. The van der Waals surface area contributed by atoms with Gasteiger partial charge in [-0.25, -0.2) is 4.79 Å². The lowest BCUT2D eigenvalue weighted by Gasteiger charge is -2.13. The minimum atomic E-state index is -1.10. The maximum atomic E-state index is 11.0. The highest BCUT2D eigenvalue weighted by Gasteiger charge is 2.14. The van der Waals surface area contributed by atoms with Crippen molar-refractivity contribution in [1.82, 2.24) is 0 Å². The van der Waals surface area contributed by atoms with E-state index in [1.54, 1.807) is 21.1 Å². The molecule has 0 amide bonds. The van der Waals surface area contributed by atoms with Gasteiger partial charge in [0.2, 0.25) is 5.76 Å². The number of carboxylic acid groups (broad SMARTS) is 1. The van der Waals surface area contributed by atoms with Gasteiger partial charge in [-0.3, -0.25) is 0 Å². The first-order valence-electron chi connectivity index (χ1n) is 8.30. The van der Waals surface area contributed by atoms with Crippen LogP contribution in [0.4, 0.5) is 0 Å². The molecule has 0 saturated carbocycles. The highest BCUT2D eigenvalue weighted by molar-refractivity contribution is 5.84. The Labute approximate surface area is 156 Å². The summed E-state index contributed by atoms with van der Waals surface area (Å²) in [6.07, 6.45) is 0. The van der Waals surface area contributed by atoms with Crippen molar-refractivity contribution >= 4 is 5.97 Å². The maximum Gasteiger partial charge on any atom is 0.371 e. The molecule has 0 unspecified atom stereocenters. The van der Waals surface area contributed by atoms with E-state index in [-0.39, 0.29) is 12.4 Å². The number of aromatic carboxylic acids is 1. The van der Waals surface area contributed by atoms with E-state index < -0.39 is 5.97 Å². The first kappa shape index (κ1) is 18.4. The summed E-state index contributed by atoms with van der Waals surface area (Å²) in [4.78, 5) is 11.0. The molecule has 0 spiro atoms. The quantitative estimate of drug-likeness (QED) is 0.659. The minimum Gasteiger partial charge on any atom is -0.493 e. The van der Waals surface area contributed by atoms with Crippen LogP contribution in [-0.4, -0.2) is 25.3 Å². The molecule has 0 saturated heterocycles. The predicted octanol–water partition coefficient (Wildman–Crippen LogP) is 4.55. The van der Waals surface area contributed by atoms with Gasteiger partial charge in [0.1, 0.15) is 18.1 Å². The van der Waals surface area contributed by atoms with Crippen molar-refractivity contribution in [3.05, 3.63) is 65.6 Å². The Morgan fingerprint density at radius 2 is 1.85 bits per heavy atom. The zero-order chi connectivity index (χ0) is 19.4. The molecule has 1 aromatic heterocycles. The Hall–Kier alpha value is -3.41. The van der Waals surface area contributed by atoms with E-state index in [4.69, 9.17) is 23.7 Å². The average molecular weight is 368 g/mol. The number of furan rings is 1. The molecule has 0 radical (unpaired) electrons. The molecule has 140 valence electrons. The van der Waals surface area contributed by atoms with Crippen LogP contribution in [-0.2, 0) is 6.61 Å². The molecular weight excluding hydrogens is 348 g/mol. The molecule has 2 aromatic carbocycles. The number of rotatable bonds is 7. The Morgan fingerprint density at radius 1 is 1.07 bits per heavy atom. The molecule has 6 nitrogen and oxygen atoms in total. The molecular formula is C21H20O6. The van der Waals surface area contributed by atoms with E-state index in [1.807, 2.05) is 42.5 Å². The summed E-state index contributed by atoms with van der Waals surface area (Å²) in [6.45, 7) is 1.92. The number of para-hydroxylation sites is 1. The number of carboxylic acids is 1. The van der Waals surface area contributed by atoms with Crippen LogP contribution in [0.5, 0.6) is 17.2 Å². The molecule has 0 aliphatic heterocycles. The van der Waals surface area contributed by atoms with Gasteiger partial charge in [0.15, 0.2) is 11.5 Å². The standard InChI is InChI=1S/C21H20O6/c1-13-15(11-19(27-13)21(22)23)12-26-16-7-4-6-14(10-16)17-8-5-9-18(24-2)20(17)25-3/h4-11H,12H2,1-3H3,(H,22,23). The van der Waals surface area contributed by atoms with E-state index in [0.717, 1.165) is 11.1 Å². The van der Waals surface area contributed by atoms with E-state index in [0.29, 0.717) is 28.6 Å². The Balaban J connectivity index is 1.84. The summed E-state index contributed by atoms with van der Waals surface area (Å²) in [7, 11) is 3.20. The van der Waals surface area contributed by atoms with Crippen molar-refractivity contribution in [1.29, 1.82) is 0 Å². The van der Waals surface area contributed by atoms with E-state index >= 15 is 0 Å². The highest BCUT2D eigenvalue weighted by atomic mass is 16.5. The first-order chi connectivity index (χ1) is 13.0. The largest absolute Gasteiger partial charge is 0.493 e. The third-order valence-corrected chi connectivity index (χ3v) is 4.17. The zero-order valence-corrected chi connectivity index (χ0v) is 15.3. The van der Waals surface area contributed by atoms with Crippen molar-refractivity contribution in [3.8, 4) is 28.4 Å². The van der Waals surface area contributed by atoms with E-state index in [9.17, 15) is 4.79 Å². The maximum absolute atomic E-state index is 11.0. The molecule has 1 heterocycles. The van der Waals surface area contributed by atoms with E-state index in [1.165, 1.54) is 6.07 Å². The zero-order valence-electron chi connectivity index (χ0n) is 15.3. The van der Waals surface area contributed by atoms with Crippen molar-refractivity contribution in [3.63, 3.8) is 0 Å². The van der Waals surface area contributed by atoms with Gasteiger partial charge >= 0.3 is 5.97 Å². The number of methoxy groups -OCH3 is 2. The molecule has 0 fully saturated rings. The second kappa shape index (κ2) is 7.86. The van der Waals surface area contributed by atoms with Crippen LogP contribution in [0, 0.1) is 6.92 Å². The second-order valence-electron chi connectivity index (χ2n) is 5.85. The SMILES string of the molecule is COc1cccc(-c2cccc(OCc3cc(C(=O)O)oc3C)c2)c1OC. The van der Waals surface area contributed by atoms with Gasteiger partial charge in [0.05, 0.1) is 14.2 Å². The third-order valence-electron chi connectivity index (χ3n) is 4.17. The van der Waals surface area contributed by atoms with Crippen LogP contribution in [0.1, 0.15) is 21.9 Å². The topological polar surface area (TPSA) is 78.1 Å². The molecule has 3 rings (SSSR count). The summed E-state index contributed by atoms with van der Waals surface area (Å²) in [6, 6.07) is 14.7. The van der Waals surface area contributed by atoms with Crippen LogP contribution >= 0.6 is 0 Å². The van der Waals surface area contributed by atoms with E-state index in [2.05, 4.69) is 0 Å². The fourth-order valence-electron chi connectivity index (χ4n) is 2.80. The van der Waals surface area contributed by atoms with Gasteiger partial charge < -0.3 is 23.7 Å². The van der Waals surface area contributed by atoms with Crippen molar-refractivity contribution in [2.24, 2.45) is 0 Å². The first-order valence-corrected chi connectivity index (χ1v) is 8.30. The van der Waals surface area contributed by atoms with Crippen LogP contribution in [0.3, 0.4) is 0 Å². The summed E-state index contributed by atoms with van der Waals surface area (Å²) in [5, 5.41) is 9.01. The van der Waals surface area contributed by atoms with Gasteiger partial charge in [0.25, 0.3) is 0 Å². The summed E-state index contributed by atoms with van der Waals surface area (Å²) in [5.74, 6) is 1.27. The Kier molecular flexibility index (Phi) is 5.35. The molecule has 0 bridgehead atoms. The fourth-order valence-corrected chi connectivity index (χ4v) is 2.80. The number of hydrogen-bond donors (Lipinski definition) is 1. The van der Waals surface area contributed by atoms with Crippen molar-refractivity contribution < 1.29 is 28.5 Å². The number of ether oxygens (including phenoxy) is 3. The van der Waals surface area contributed by atoms with Crippen LogP contribution in [0.25, 0.3) is 11.1 Å². The lowest BCUT2D eigenvalue weighted by Crippen LogP contribution is -1.97. The van der Waals surface area contributed by atoms with Gasteiger partial charge in [0, 0.05) is 11.1 Å². The van der Waals surface area contributed by atoms with Gasteiger partial charge in [-0.1, -0.05) is 24.3 Å². The molecule has 0 atom stereocenters. The summed E-state index contributed by atoms with van der Waals surface area (Å²) >= 11 is 0. The molecule has 6 heteroatoms. The fraction of sp³-hybridized carbons (Fsp3) is 0.190. The van der Waals surface area contributed by atoms with Crippen LogP contribution < -0.4 is 14.2 Å². The van der Waals surface area contributed by atoms with Crippen molar-refractivity contribution in [2.75, 3.05) is 14.2 Å². The lowest BCUT2D eigenvalue weighted by molar-refractivity contribution is 0.0661. The number of benzene rings is 2. The monoisotopic (exact) mass is 368 g/mol. The average Bonchev–Trinajstić information content (AvgIpc) is 3.07. The predicted molar refractivity (Wildman–Crippen MR) is 99.7 cm³/mol. The second-order valence-corrected chi connectivity index (χ2v) is 5.85. The molecule has 0 aliphatic rings. The van der Waals surface area contributed by atoms with Gasteiger partial charge in [-0.2, -0.15) is 0 Å². The molecule has 0 aliphatic carbocycles. The van der Waals surface area contributed by atoms with Gasteiger partial charge in [-0.05, 0) is 36.8 Å². The normalized spacial score (nSPS) is 10.5. The minimum absolute atomic E-state index is 0.0963. The van der Waals surface area contributed by atoms with Crippen LogP contribution in [0.15, 0.2) is 52.9 Å². The van der Waals surface area contributed by atoms with Crippen molar-refractivity contribution in [2.45, 2.75) is 13.5 Å². The molecule has 27 heavy (non-hydrogen) atoms. The number of carbonyl (C=O) groups is 1. The smallest absolute Gasteiger partial charge is 0.371 e. The third kappa shape index (κ3) is 3.89. The molecule has 1 N–H and O–H groups in total.